The molecule has 0 N–H and O–H groups in total. The first-order valence-corrected chi connectivity index (χ1v) is 7.03. The molecule has 1 unspecified atom stereocenters. The van der Waals surface area contributed by atoms with Gasteiger partial charge < -0.3 is 14.0 Å². The number of imidazole rings is 1. The average Bonchev–Trinajstić information content (AvgIpc) is 2.88. The van der Waals surface area contributed by atoms with Crippen LogP contribution in [-0.4, -0.2) is 29.2 Å². The molecule has 2 heterocycles. The molecule has 0 aliphatic carbocycles. The van der Waals surface area contributed by atoms with Crippen LogP contribution < -0.4 is 4.74 Å². The first-order chi connectivity index (χ1) is 10.2. The number of carbonyl (C=O) groups excluding carboxylic acids is 1. The normalized spacial score (nSPS) is 17.0. The van der Waals surface area contributed by atoms with Gasteiger partial charge in [-0.15, -0.1) is 0 Å². The number of methoxy groups -OCH3 is 1. The highest BCUT2D eigenvalue weighted by atomic mass is 16.5. The lowest BCUT2D eigenvalue weighted by molar-refractivity contribution is 0.0587. The molecule has 0 amide bonds. The van der Waals surface area contributed by atoms with Gasteiger partial charge >= 0.3 is 5.97 Å². The van der Waals surface area contributed by atoms with Crippen molar-refractivity contribution in [1.82, 2.24) is 9.55 Å². The average molecular weight is 286 g/mol. The molecule has 110 valence electrons. The molecular formula is C16H18N2O3. The van der Waals surface area contributed by atoms with Crippen LogP contribution in [0, 0.1) is 6.92 Å². The molecule has 2 aromatic rings. The first kappa shape index (κ1) is 13.7. The molecule has 1 atom stereocenters. The molecule has 5 heteroatoms. The maximum Gasteiger partial charge on any atom is 0.356 e. The monoisotopic (exact) mass is 286 g/mol. The lowest BCUT2D eigenvalue weighted by atomic mass is 9.93. The van der Waals surface area contributed by atoms with Crippen LogP contribution in [0.5, 0.6) is 5.75 Å². The van der Waals surface area contributed by atoms with Crippen molar-refractivity contribution in [3.8, 4) is 5.75 Å². The Morgan fingerprint density at radius 1 is 1.48 bits per heavy atom. The van der Waals surface area contributed by atoms with Gasteiger partial charge in [-0.3, -0.25) is 0 Å². The van der Waals surface area contributed by atoms with Crippen molar-refractivity contribution in [3.05, 3.63) is 47.5 Å². The Kier molecular flexibility index (Phi) is 3.64. The Balaban J connectivity index is 1.92. The van der Waals surface area contributed by atoms with Crippen molar-refractivity contribution >= 4 is 5.97 Å². The van der Waals surface area contributed by atoms with E-state index in [0.717, 1.165) is 18.0 Å². The summed E-state index contributed by atoms with van der Waals surface area (Å²) in [5.74, 6) is 1.72. The fraction of sp³-hybridized carbons (Fsp3) is 0.375. The number of esters is 1. The summed E-state index contributed by atoms with van der Waals surface area (Å²) in [4.78, 5) is 16.1. The molecule has 1 aromatic carbocycles. The van der Waals surface area contributed by atoms with Crippen molar-refractivity contribution in [3.63, 3.8) is 0 Å². The number of hydrogen-bond donors (Lipinski definition) is 0. The minimum atomic E-state index is -0.351. The van der Waals surface area contributed by atoms with Gasteiger partial charge in [-0.2, -0.15) is 0 Å². The summed E-state index contributed by atoms with van der Waals surface area (Å²) in [7, 11) is 1.39. The third-order valence-electron chi connectivity index (χ3n) is 3.94. The van der Waals surface area contributed by atoms with Gasteiger partial charge in [-0.1, -0.05) is 18.2 Å². The molecule has 0 saturated heterocycles. The molecule has 21 heavy (non-hydrogen) atoms. The van der Waals surface area contributed by atoms with E-state index in [1.807, 2.05) is 29.7 Å². The van der Waals surface area contributed by atoms with Gasteiger partial charge in [0.25, 0.3) is 0 Å². The van der Waals surface area contributed by atoms with E-state index in [4.69, 9.17) is 9.47 Å². The van der Waals surface area contributed by atoms with Gasteiger partial charge in [-0.25, -0.2) is 9.78 Å². The number of carbonyl (C=O) groups is 1. The standard InChI is InChI=1S/C16H18N2O3/c1-11-17-9-14(16(19)20-2)18(11)10-12-7-8-21-15-6-4-3-5-13(12)15/h3-6,9,12H,7-8,10H2,1-2H3. The van der Waals surface area contributed by atoms with E-state index in [1.165, 1.54) is 12.7 Å². The highest BCUT2D eigenvalue weighted by Crippen LogP contribution is 2.34. The predicted octanol–water partition coefficient (Wildman–Crippen LogP) is 2.54. The van der Waals surface area contributed by atoms with Gasteiger partial charge in [0.15, 0.2) is 0 Å². The summed E-state index contributed by atoms with van der Waals surface area (Å²) < 4.78 is 12.4. The molecule has 0 saturated carbocycles. The van der Waals surface area contributed by atoms with Crippen LogP contribution in [0.4, 0.5) is 0 Å². The van der Waals surface area contributed by atoms with Gasteiger partial charge in [0.05, 0.1) is 19.9 Å². The zero-order chi connectivity index (χ0) is 14.8. The molecular weight excluding hydrogens is 268 g/mol. The summed E-state index contributed by atoms with van der Waals surface area (Å²) in [6.07, 6.45) is 2.50. The lowest BCUT2D eigenvalue weighted by Gasteiger charge is -2.26. The number of nitrogens with zero attached hydrogens (tertiary/aromatic N) is 2. The summed E-state index contributed by atoms with van der Waals surface area (Å²) in [5.41, 5.74) is 1.69. The molecule has 1 aliphatic rings. The van der Waals surface area contributed by atoms with E-state index >= 15 is 0 Å². The predicted molar refractivity (Wildman–Crippen MR) is 77.6 cm³/mol. The van der Waals surface area contributed by atoms with E-state index in [0.29, 0.717) is 24.8 Å². The highest BCUT2D eigenvalue weighted by molar-refractivity contribution is 5.87. The number of benzene rings is 1. The van der Waals surface area contributed by atoms with E-state index in [-0.39, 0.29) is 5.97 Å². The molecule has 0 spiro atoms. The Hall–Kier alpha value is -2.30. The molecule has 0 radical (unpaired) electrons. The van der Waals surface area contributed by atoms with Gasteiger partial charge in [0, 0.05) is 12.5 Å². The quantitative estimate of drug-likeness (QED) is 0.814. The minimum absolute atomic E-state index is 0.311. The topological polar surface area (TPSA) is 53.3 Å². The fourth-order valence-electron chi connectivity index (χ4n) is 2.79. The van der Waals surface area contributed by atoms with Crippen LogP contribution in [0.15, 0.2) is 30.5 Å². The second-order valence-corrected chi connectivity index (χ2v) is 5.16. The van der Waals surface area contributed by atoms with Crippen LogP contribution in [0.1, 0.15) is 34.2 Å². The van der Waals surface area contributed by atoms with Crippen LogP contribution in [0.25, 0.3) is 0 Å². The Morgan fingerprint density at radius 3 is 3.10 bits per heavy atom. The zero-order valence-electron chi connectivity index (χ0n) is 12.2. The summed E-state index contributed by atoms with van der Waals surface area (Å²) in [5, 5.41) is 0. The van der Waals surface area contributed by atoms with Crippen molar-refractivity contribution in [2.75, 3.05) is 13.7 Å². The number of para-hydroxylation sites is 1. The maximum absolute atomic E-state index is 11.8. The summed E-state index contributed by atoms with van der Waals surface area (Å²) in [6, 6.07) is 8.07. The third kappa shape index (κ3) is 2.51. The molecule has 0 bridgehead atoms. The molecule has 5 nitrogen and oxygen atoms in total. The smallest absolute Gasteiger partial charge is 0.356 e. The Bertz CT molecular complexity index is 663. The Labute approximate surface area is 123 Å². The van der Waals surface area contributed by atoms with E-state index in [1.54, 1.807) is 6.20 Å². The number of hydrogen-bond acceptors (Lipinski definition) is 4. The molecule has 1 aromatic heterocycles. The third-order valence-corrected chi connectivity index (χ3v) is 3.94. The summed E-state index contributed by atoms with van der Waals surface area (Å²) >= 11 is 0. The number of rotatable bonds is 3. The first-order valence-electron chi connectivity index (χ1n) is 7.03. The number of ether oxygens (including phenoxy) is 2. The van der Waals surface area contributed by atoms with Gasteiger partial charge in [-0.05, 0) is 25.0 Å². The van der Waals surface area contributed by atoms with Crippen LogP contribution >= 0.6 is 0 Å². The van der Waals surface area contributed by atoms with Crippen molar-refractivity contribution in [2.24, 2.45) is 0 Å². The maximum atomic E-state index is 11.8. The van der Waals surface area contributed by atoms with Crippen LogP contribution in [-0.2, 0) is 11.3 Å². The van der Waals surface area contributed by atoms with E-state index < -0.39 is 0 Å². The van der Waals surface area contributed by atoms with Crippen molar-refractivity contribution < 1.29 is 14.3 Å². The summed E-state index contributed by atoms with van der Waals surface area (Å²) in [6.45, 7) is 3.30. The molecule has 1 aliphatic heterocycles. The van der Waals surface area contributed by atoms with Gasteiger partial charge in [0.2, 0.25) is 0 Å². The largest absolute Gasteiger partial charge is 0.493 e. The molecule has 3 rings (SSSR count). The highest BCUT2D eigenvalue weighted by Gasteiger charge is 2.24. The lowest BCUT2D eigenvalue weighted by Crippen LogP contribution is -2.21. The van der Waals surface area contributed by atoms with Crippen molar-refractivity contribution in [2.45, 2.75) is 25.8 Å². The Morgan fingerprint density at radius 2 is 2.29 bits per heavy atom. The number of aromatic nitrogens is 2. The minimum Gasteiger partial charge on any atom is -0.493 e. The number of fused-ring (bicyclic) bond motifs is 1. The second kappa shape index (κ2) is 5.60. The second-order valence-electron chi connectivity index (χ2n) is 5.16. The SMILES string of the molecule is COC(=O)c1cnc(C)n1CC1CCOc2ccccc21. The zero-order valence-corrected chi connectivity index (χ0v) is 12.2. The van der Waals surface area contributed by atoms with Crippen LogP contribution in [0.3, 0.4) is 0 Å². The van der Waals surface area contributed by atoms with Crippen LogP contribution in [0.2, 0.25) is 0 Å². The number of aryl methyl sites for hydroxylation is 1. The fourth-order valence-corrected chi connectivity index (χ4v) is 2.79. The van der Waals surface area contributed by atoms with E-state index in [9.17, 15) is 4.79 Å². The van der Waals surface area contributed by atoms with E-state index in [2.05, 4.69) is 11.1 Å². The van der Waals surface area contributed by atoms with Crippen molar-refractivity contribution in [1.29, 1.82) is 0 Å². The van der Waals surface area contributed by atoms with Gasteiger partial charge in [0.1, 0.15) is 17.3 Å². The molecule has 0 fully saturated rings.